The molecule has 0 bridgehead atoms. The summed E-state index contributed by atoms with van der Waals surface area (Å²) >= 11 is 0. The highest BCUT2D eigenvalue weighted by molar-refractivity contribution is 5.99. The van der Waals surface area contributed by atoms with Gasteiger partial charge in [-0.25, -0.2) is 9.18 Å². The lowest BCUT2D eigenvalue weighted by Crippen LogP contribution is -2.59. The first-order valence-electron chi connectivity index (χ1n) is 11.2. The molecule has 35 heavy (non-hydrogen) atoms. The molecule has 180 valence electrons. The maximum absolute atomic E-state index is 13.1. The number of amides is 4. The summed E-state index contributed by atoms with van der Waals surface area (Å²) in [4.78, 5) is 39.2. The largest absolute Gasteiger partial charge is 0.489 e. The van der Waals surface area contributed by atoms with Gasteiger partial charge < -0.3 is 25.6 Å². The van der Waals surface area contributed by atoms with Gasteiger partial charge in [-0.1, -0.05) is 30.3 Å². The molecule has 0 aliphatic carbocycles. The molecule has 3 aromatic carbocycles. The van der Waals surface area contributed by atoms with Gasteiger partial charge in [-0.15, -0.1) is 0 Å². The molecule has 1 saturated heterocycles. The average Bonchev–Trinajstić information content (AvgIpc) is 2.87. The summed E-state index contributed by atoms with van der Waals surface area (Å²) in [6.45, 7) is 0.968. The van der Waals surface area contributed by atoms with E-state index in [0.29, 0.717) is 23.7 Å². The molecule has 1 aliphatic rings. The number of hydrogen-bond donors (Lipinski definition) is 3. The first-order chi connectivity index (χ1) is 17.0. The number of benzene rings is 3. The van der Waals surface area contributed by atoms with Crippen LogP contribution in [0.5, 0.6) is 5.75 Å². The molecule has 4 rings (SSSR count). The van der Waals surface area contributed by atoms with E-state index < -0.39 is 29.7 Å². The van der Waals surface area contributed by atoms with Crippen molar-refractivity contribution in [2.45, 2.75) is 19.1 Å². The minimum atomic E-state index is -0.974. The lowest BCUT2D eigenvalue weighted by molar-refractivity contribution is -0.130. The maximum atomic E-state index is 13.1. The van der Waals surface area contributed by atoms with Gasteiger partial charge >= 0.3 is 6.03 Å². The zero-order valence-electron chi connectivity index (χ0n) is 18.9. The van der Waals surface area contributed by atoms with E-state index in [1.165, 1.54) is 29.2 Å². The van der Waals surface area contributed by atoms with Crippen molar-refractivity contribution in [2.24, 2.45) is 0 Å². The second-order valence-corrected chi connectivity index (χ2v) is 7.99. The summed E-state index contributed by atoms with van der Waals surface area (Å²) in [7, 11) is 0. The van der Waals surface area contributed by atoms with E-state index in [9.17, 15) is 18.8 Å². The van der Waals surface area contributed by atoms with Crippen LogP contribution in [-0.4, -0.2) is 41.9 Å². The van der Waals surface area contributed by atoms with Crippen LogP contribution in [0.25, 0.3) is 0 Å². The summed E-state index contributed by atoms with van der Waals surface area (Å²) in [5, 5.41) is 8.07. The number of carbonyl (C=O) groups is 3. The zero-order chi connectivity index (χ0) is 24.6. The molecule has 0 spiro atoms. The Hall–Kier alpha value is -4.40. The lowest BCUT2D eigenvalue weighted by atomic mass is 10.1. The van der Waals surface area contributed by atoms with Gasteiger partial charge in [0.05, 0.1) is 6.42 Å². The van der Waals surface area contributed by atoms with Gasteiger partial charge in [0.25, 0.3) is 0 Å². The number of rotatable bonds is 7. The molecule has 1 unspecified atom stereocenters. The van der Waals surface area contributed by atoms with Crippen molar-refractivity contribution in [3.05, 3.63) is 90.2 Å². The van der Waals surface area contributed by atoms with Gasteiger partial charge in [0.2, 0.25) is 11.8 Å². The molecule has 1 heterocycles. The Morgan fingerprint density at radius 2 is 1.60 bits per heavy atom. The summed E-state index contributed by atoms with van der Waals surface area (Å²) < 4.78 is 18.8. The number of nitrogens with one attached hydrogen (secondary N) is 3. The van der Waals surface area contributed by atoms with E-state index in [-0.39, 0.29) is 19.5 Å². The van der Waals surface area contributed by atoms with Gasteiger partial charge in [0.1, 0.15) is 24.2 Å². The molecule has 4 amide bonds. The van der Waals surface area contributed by atoms with Crippen LogP contribution in [0.3, 0.4) is 0 Å². The van der Waals surface area contributed by atoms with Crippen molar-refractivity contribution < 1.29 is 23.5 Å². The number of ether oxygens (including phenoxy) is 1. The highest BCUT2D eigenvalue weighted by Crippen LogP contribution is 2.19. The van der Waals surface area contributed by atoms with E-state index in [1.54, 1.807) is 24.3 Å². The maximum Gasteiger partial charge on any atom is 0.322 e. The first kappa shape index (κ1) is 23.7. The Morgan fingerprint density at radius 3 is 2.31 bits per heavy atom. The smallest absolute Gasteiger partial charge is 0.322 e. The Balaban J connectivity index is 1.34. The standard InChI is InChI=1S/C26H25FN4O4/c27-19-6-8-20(9-7-19)29-24(32)16-23-25(33)28-14-15-31(23)26(34)30-21-10-12-22(13-11-21)35-17-18-4-2-1-3-5-18/h1-13,23H,14-17H2,(H,28,33)(H,29,32)(H,30,34). The van der Waals surface area contributed by atoms with Crippen LogP contribution in [0, 0.1) is 5.82 Å². The van der Waals surface area contributed by atoms with Gasteiger partial charge in [-0.05, 0) is 54.1 Å². The van der Waals surface area contributed by atoms with Crippen LogP contribution in [0.2, 0.25) is 0 Å². The van der Waals surface area contributed by atoms with E-state index in [1.807, 2.05) is 30.3 Å². The highest BCUT2D eigenvalue weighted by atomic mass is 19.1. The van der Waals surface area contributed by atoms with Gasteiger partial charge in [-0.3, -0.25) is 9.59 Å². The van der Waals surface area contributed by atoms with Gasteiger partial charge in [0, 0.05) is 24.5 Å². The third-order valence-corrected chi connectivity index (χ3v) is 5.45. The van der Waals surface area contributed by atoms with Crippen LogP contribution in [0.15, 0.2) is 78.9 Å². The second-order valence-electron chi connectivity index (χ2n) is 7.99. The van der Waals surface area contributed by atoms with Gasteiger partial charge in [-0.2, -0.15) is 0 Å². The summed E-state index contributed by atoms with van der Waals surface area (Å²) in [5.41, 5.74) is 1.98. The minimum absolute atomic E-state index is 0.233. The SMILES string of the molecule is O=C(CC1C(=O)NCCN1C(=O)Nc1ccc(OCc2ccccc2)cc1)Nc1ccc(F)cc1. The van der Waals surface area contributed by atoms with Gasteiger partial charge in [0.15, 0.2) is 0 Å². The fourth-order valence-electron chi connectivity index (χ4n) is 3.65. The van der Waals surface area contributed by atoms with Crippen molar-refractivity contribution >= 4 is 29.2 Å². The molecular formula is C26H25FN4O4. The van der Waals surface area contributed by atoms with Crippen molar-refractivity contribution in [3.8, 4) is 5.75 Å². The van der Waals surface area contributed by atoms with Crippen molar-refractivity contribution in [1.82, 2.24) is 10.2 Å². The quantitative estimate of drug-likeness (QED) is 0.483. The number of anilines is 2. The van der Waals surface area contributed by atoms with Crippen LogP contribution in [-0.2, 0) is 16.2 Å². The Bertz CT molecular complexity index is 1170. The number of urea groups is 1. The number of hydrogen-bond acceptors (Lipinski definition) is 4. The molecule has 0 radical (unpaired) electrons. The summed E-state index contributed by atoms with van der Waals surface area (Å²) in [6, 6.07) is 20.5. The first-order valence-corrected chi connectivity index (χ1v) is 11.2. The van der Waals surface area contributed by atoms with E-state index in [2.05, 4.69) is 16.0 Å². The average molecular weight is 477 g/mol. The normalized spacial score (nSPS) is 15.2. The van der Waals surface area contributed by atoms with Crippen molar-refractivity contribution in [3.63, 3.8) is 0 Å². The second kappa shape index (κ2) is 11.1. The van der Waals surface area contributed by atoms with E-state index >= 15 is 0 Å². The minimum Gasteiger partial charge on any atom is -0.489 e. The predicted molar refractivity (Wildman–Crippen MR) is 129 cm³/mol. The molecule has 3 N–H and O–H groups in total. The monoisotopic (exact) mass is 476 g/mol. The molecule has 0 saturated carbocycles. The molecule has 1 fully saturated rings. The third-order valence-electron chi connectivity index (χ3n) is 5.45. The molecule has 0 aromatic heterocycles. The van der Waals surface area contributed by atoms with Crippen LogP contribution in [0.1, 0.15) is 12.0 Å². The molecular weight excluding hydrogens is 451 g/mol. The highest BCUT2D eigenvalue weighted by Gasteiger charge is 2.34. The fourth-order valence-corrected chi connectivity index (χ4v) is 3.65. The van der Waals surface area contributed by atoms with Crippen LogP contribution in [0.4, 0.5) is 20.6 Å². The summed E-state index contributed by atoms with van der Waals surface area (Å²) in [5.74, 6) is -0.644. The Labute approximate surface area is 202 Å². The molecule has 1 aliphatic heterocycles. The van der Waals surface area contributed by atoms with Crippen LogP contribution >= 0.6 is 0 Å². The molecule has 9 heteroatoms. The Kier molecular flexibility index (Phi) is 7.57. The van der Waals surface area contributed by atoms with Crippen molar-refractivity contribution in [1.29, 1.82) is 0 Å². The third kappa shape index (κ3) is 6.57. The van der Waals surface area contributed by atoms with E-state index in [0.717, 1.165) is 5.56 Å². The molecule has 3 aromatic rings. The number of nitrogens with zero attached hydrogens (tertiary/aromatic N) is 1. The predicted octanol–water partition coefficient (Wildman–Crippen LogP) is 3.77. The number of carbonyl (C=O) groups excluding carboxylic acids is 3. The van der Waals surface area contributed by atoms with Crippen molar-refractivity contribution in [2.75, 3.05) is 23.7 Å². The number of piperazine rings is 1. The molecule has 8 nitrogen and oxygen atoms in total. The Morgan fingerprint density at radius 1 is 0.943 bits per heavy atom. The molecule has 1 atom stereocenters. The van der Waals surface area contributed by atoms with E-state index in [4.69, 9.17) is 4.74 Å². The fraction of sp³-hybridized carbons (Fsp3) is 0.192. The van der Waals surface area contributed by atoms with Crippen LogP contribution < -0.4 is 20.7 Å². The number of halogens is 1. The summed E-state index contributed by atoms with van der Waals surface area (Å²) in [6.07, 6.45) is -0.233. The lowest BCUT2D eigenvalue weighted by Gasteiger charge is -2.34. The zero-order valence-corrected chi connectivity index (χ0v) is 18.9. The topological polar surface area (TPSA) is 99.8 Å².